The lowest BCUT2D eigenvalue weighted by Gasteiger charge is -2.19. The third-order valence-electron chi connectivity index (χ3n) is 3.22. The van der Waals surface area contributed by atoms with Crippen LogP contribution in [-0.4, -0.2) is 14.6 Å². The zero-order chi connectivity index (χ0) is 10.6. The number of hydrogen-bond acceptors (Lipinski definition) is 2. The van der Waals surface area contributed by atoms with Crippen LogP contribution in [-0.2, 0) is 11.8 Å². The summed E-state index contributed by atoms with van der Waals surface area (Å²) >= 11 is 0. The molecule has 3 nitrogen and oxygen atoms in total. The molecule has 2 aromatic rings. The lowest BCUT2D eigenvalue weighted by Crippen LogP contribution is -2.17. The summed E-state index contributed by atoms with van der Waals surface area (Å²) in [4.78, 5) is 4.10. The summed E-state index contributed by atoms with van der Waals surface area (Å²) in [6.45, 7) is 4.33. The van der Waals surface area contributed by atoms with Crippen LogP contribution in [0.5, 0.6) is 0 Å². The number of aromatic nitrogens is 3. The van der Waals surface area contributed by atoms with Crippen LogP contribution in [0.15, 0.2) is 12.4 Å². The highest BCUT2D eigenvalue weighted by Gasteiger charge is 2.33. The van der Waals surface area contributed by atoms with Crippen LogP contribution in [0.4, 0.5) is 4.39 Å². The first kappa shape index (κ1) is 8.83. The van der Waals surface area contributed by atoms with E-state index in [-0.39, 0.29) is 11.2 Å². The van der Waals surface area contributed by atoms with Crippen molar-refractivity contribution in [2.75, 3.05) is 0 Å². The van der Waals surface area contributed by atoms with Crippen molar-refractivity contribution in [3.63, 3.8) is 0 Å². The maximum atomic E-state index is 13.3. The molecule has 0 fully saturated rings. The van der Waals surface area contributed by atoms with Gasteiger partial charge >= 0.3 is 0 Å². The van der Waals surface area contributed by atoms with Gasteiger partial charge < -0.3 is 0 Å². The van der Waals surface area contributed by atoms with E-state index in [2.05, 4.69) is 23.9 Å². The third kappa shape index (κ3) is 1.05. The molecule has 0 unspecified atom stereocenters. The quantitative estimate of drug-likeness (QED) is 0.659. The molecule has 0 radical (unpaired) electrons. The summed E-state index contributed by atoms with van der Waals surface area (Å²) in [7, 11) is 0. The molecule has 0 N–H and O–H groups in total. The van der Waals surface area contributed by atoms with Crippen LogP contribution in [0, 0.1) is 5.82 Å². The summed E-state index contributed by atoms with van der Waals surface area (Å²) in [6, 6.07) is 0. The van der Waals surface area contributed by atoms with Crippen molar-refractivity contribution in [1.82, 2.24) is 14.6 Å². The van der Waals surface area contributed by atoms with Crippen molar-refractivity contribution in [3.8, 4) is 0 Å². The molecule has 0 saturated carbocycles. The van der Waals surface area contributed by atoms with Gasteiger partial charge in [-0.05, 0) is 18.4 Å². The Morgan fingerprint density at radius 1 is 1.40 bits per heavy atom. The van der Waals surface area contributed by atoms with Gasteiger partial charge in [0.1, 0.15) is 0 Å². The number of nitrogens with zero attached hydrogens (tertiary/aromatic N) is 3. The van der Waals surface area contributed by atoms with Gasteiger partial charge in [-0.1, -0.05) is 13.8 Å². The fourth-order valence-corrected chi connectivity index (χ4v) is 2.41. The molecular formula is C11H12FN3. The Balaban J connectivity index is 2.43. The predicted molar refractivity (Wildman–Crippen MR) is 54.3 cm³/mol. The largest absolute Gasteiger partial charge is 0.234 e. The molecule has 1 aliphatic rings. The summed E-state index contributed by atoms with van der Waals surface area (Å²) in [6.07, 6.45) is 5.10. The van der Waals surface area contributed by atoms with Gasteiger partial charge in [-0.15, -0.1) is 0 Å². The highest BCUT2D eigenvalue weighted by Crippen LogP contribution is 2.37. The first-order valence-corrected chi connectivity index (χ1v) is 5.11. The Bertz CT molecular complexity index is 542. The van der Waals surface area contributed by atoms with Crippen LogP contribution >= 0.6 is 0 Å². The number of hydrogen-bond donors (Lipinski definition) is 0. The van der Waals surface area contributed by atoms with Crippen molar-refractivity contribution in [2.45, 2.75) is 32.1 Å². The predicted octanol–water partition coefficient (Wildman–Crippen LogP) is 2.09. The third-order valence-corrected chi connectivity index (χ3v) is 3.22. The fraction of sp³-hybridized carbons (Fsp3) is 0.455. The first-order chi connectivity index (χ1) is 7.09. The summed E-state index contributed by atoms with van der Waals surface area (Å²) < 4.78 is 15.0. The second kappa shape index (κ2) is 2.56. The molecule has 78 valence electrons. The molecule has 0 atom stereocenters. The molecule has 0 saturated heterocycles. The van der Waals surface area contributed by atoms with Gasteiger partial charge in [-0.2, -0.15) is 5.10 Å². The fourth-order valence-electron chi connectivity index (χ4n) is 2.41. The van der Waals surface area contributed by atoms with Crippen molar-refractivity contribution in [1.29, 1.82) is 0 Å². The van der Waals surface area contributed by atoms with E-state index in [0.717, 1.165) is 18.5 Å². The van der Waals surface area contributed by atoms with Crippen molar-refractivity contribution >= 4 is 5.65 Å². The molecule has 2 heterocycles. The van der Waals surface area contributed by atoms with Gasteiger partial charge in [-0.25, -0.2) is 13.9 Å². The van der Waals surface area contributed by atoms with E-state index in [1.807, 2.05) is 0 Å². The highest BCUT2D eigenvalue weighted by molar-refractivity contribution is 5.44. The van der Waals surface area contributed by atoms with E-state index in [9.17, 15) is 4.39 Å². The molecule has 0 aliphatic heterocycles. The molecule has 0 amide bonds. The van der Waals surface area contributed by atoms with Gasteiger partial charge in [-0.3, -0.25) is 0 Å². The summed E-state index contributed by atoms with van der Waals surface area (Å²) in [5, 5.41) is 4.06. The molecule has 0 bridgehead atoms. The monoisotopic (exact) mass is 205 g/mol. The molecule has 2 aromatic heterocycles. The average Bonchev–Trinajstić information content (AvgIpc) is 2.69. The van der Waals surface area contributed by atoms with Crippen LogP contribution in [0.3, 0.4) is 0 Å². The minimum atomic E-state index is -0.347. The van der Waals surface area contributed by atoms with Gasteiger partial charge in [0.25, 0.3) is 0 Å². The van der Waals surface area contributed by atoms with Crippen molar-refractivity contribution < 1.29 is 4.39 Å². The van der Waals surface area contributed by atoms with Crippen molar-refractivity contribution in [3.05, 3.63) is 29.5 Å². The number of halogens is 1. The molecular weight excluding hydrogens is 193 g/mol. The van der Waals surface area contributed by atoms with Crippen LogP contribution in [0.2, 0.25) is 0 Å². The average molecular weight is 205 g/mol. The van der Waals surface area contributed by atoms with Crippen LogP contribution in [0.1, 0.15) is 31.5 Å². The minimum Gasteiger partial charge on any atom is -0.234 e. The SMILES string of the molecule is CC1(C)CCc2cnc3c(F)cnn3c21. The Labute approximate surface area is 86.9 Å². The lowest BCUT2D eigenvalue weighted by atomic mass is 9.91. The zero-order valence-corrected chi connectivity index (χ0v) is 8.79. The Kier molecular flexibility index (Phi) is 1.51. The normalized spacial score (nSPS) is 18.3. The Hall–Kier alpha value is -1.45. The second-order valence-corrected chi connectivity index (χ2v) is 4.74. The van der Waals surface area contributed by atoms with E-state index in [1.54, 1.807) is 10.7 Å². The summed E-state index contributed by atoms with van der Waals surface area (Å²) in [5.41, 5.74) is 2.70. The Morgan fingerprint density at radius 2 is 2.20 bits per heavy atom. The highest BCUT2D eigenvalue weighted by atomic mass is 19.1. The van der Waals surface area contributed by atoms with E-state index < -0.39 is 0 Å². The smallest absolute Gasteiger partial charge is 0.191 e. The molecule has 0 spiro atoms. The van der Waals surface area contributed by atoms with Gasteiger partial charge in [0.15, 0.2) is 11.5 Å². The maximum absolute atomic E-state index is 13.3. The topological polar surface area (TPSA) is 30.2 Å². The molecule has 15 heavy (non-hydrogen) atoms. The summed E-state index contributed by atoms with van der Waals surface area (Å²) in [5.74, 6) is -0.347. The molecule has 3 rings (SSSR count). The van der Waals surface area contributed by atoms with E-state index in [0.29, 0.717) is 5.65 Å². The van der Waals surface area contributed by atoms with E-state index in [4.69, 9.17) is 0 Å². The van der Waals surface area contributed by atoms with Crippen LogP contribution < -0.4 is 0 Å². The number of fused-ring (bicyclic) bond motifs is 3. The number of aryl methyl sites for hydroxylation is 1. The lowest BCUT2D eigenvalue weighted by molar-refractivity contribution is 0.497. The molecule has 4 heteroatoms. The van der Waals surface area contributed by atoms with Gasteiger partial charge in [0, 0.05) is 11.6 Å². The molecule has 1 aliphatic carbocycles. The standard InChI is InChI=1S/C11H12FN3/c1-11(2)4-3-7-5-13-10-8(12)6-14-15(10)9(7)11/h5-6H,3-4H2,1-2H3. The van der Waals surface area contributed by atoms with Crippen LogP contribution in [0.25, 0.3) is 5.65 Å². The van der Waals surface area contributed by atoms with Gasteiger partial charge in [0.05, 0.1) is 11.9 Å². The van der Waals surface area contributed by atoms with Gasteiger partial charge in [0.2, 0.25) is 0 Å². The van der Waals surface area contributed by atoms with Crippen molar-refractivity contribution in [2.24, 2.45) is 0 Å². The van der Waals surface area contributed by atoms with E-state index >= 15 is 0 Å². The maximum Gasteiger partial charge on any atom is 0.191 e. The van der Waals surface area contributed by atoms with E-state index in [1.165, 1.54) is 11.8 Å². The first-order valence-electron chi connectivity index (χ1n) is 5.11. The zero-order valence-electron chi connectivity index (χ0n) is 8.79. The second-order valence-electron chi connectivity index (χ2n) is 4.74. The number of rotatable bonds is 0. The molecule has 0 aromatic carbocycles. The minimum absolute atomic E-state index is 0.0645. The Morgan fingerprint density at radius 3 is 3.00 bits per heavy atom.